The van der Waals surface area contributed by atoms with Gasteiger partial charge >= 0.3 is 5.97 Å². The zero-order chi connectivity index (χ0) is 14.8. The van der Waals surface area contributed by atoms with Gasteiger partial charge in [-0.1, -0.05) is 6.92 Å². The number of carbonyl (C=O) groups is 1. The first-order chi connectivity index (χ1) is 8.71. The van der Waals surface area contributed by atoms with E-state index in [1.807, 2.05) is 0 Å². The Hall–Kier alpha value is -1.54. The van der Waals surface area contributed by atoms with Gasteiger partial charge in [0.15, 0.2) is 11.6 Å². The zero-order valence-electron chi connectivity index (χ0n) is 10.4. The first kappa shape index (κ1) is 15.5. The molecular weight excluding hydrogens is 280 g/mol. The number of carboxylic acids is 1. The van der Waals surface area contributed by atoms with E-state index in [1.165, 1.54) is 7.05 Å². The second-order valence-electron chi connectivity index (χ2n) is 3.90. The van der Waals surface area contributed by atoms with Crippen molar-refractivity contribution in [3.05, 3.63) is 29.3 Å². The van der Waals surface area contributed by atoms with Crippen molar-refractivity contribution in [1.82, 2.24) is 4.31 Å². The summed E-state index contributed by atoms with van der Waals surface area (Å²) in [7, 11) is -3.04. The van der Waals surface area contributed by atoms with Crippen LogP contribution >= 0.6 is 0 Å². The summed E-state index contributed by atoms with van der Waals surface area (Å²) in [5, 5.41) is 8.73. The van der Waals surface area contributed by atoms with Crippen molar-refractivity contribution in [3.8, 4) is 0 Å². The van der Waals surface area contributed by atoms with Crippen LogP contribution in [0.1, 0.15) is 23.7 Å². The van der Waals surface area contributed by atoms with Crippen molar-refractivity contribution in [2.75, 3.05) is 13.6 Å². The lowest BCUT2D eigenvalue weighted by molar-refractivity contribution is 0.0696. The molecule has 19 heavy (non-hydrogen) atoms. The maximum atomic E-state index is 13.6. The molecule has 0 atom stereocenters. The molecule has 0 aliphatic heterocycles. The Morgan fingerprint density at radius 3 is 2.42 bits per heavy atom. The third kappa shape index (κ3) is 3.07. The number of hydrogen-bond donors (Lipinski definition) is 1. The molecular formula is C11H13F2NO4S. The van der Waals surface area contributed by atoms with E-state index in [4.69, 9.17) is 5.11 Å². The van der Waals surface area contributed by atoms with E-state index in [2.05, 4.69) is 0 Å². The summed E-state index contributed by atoms with van der Waals surface area (Å²) in [6, 6.07) is 1.05. The molecule has 0 saturated carbocycles. The summed E-state index contributed by atoms with van der Waals surface area (Å²) < 4.78 is 51.7. The van der Waals surface area contributed by atoms with Crippen molar-refractivity contribution in [1.29, 1.82) is 0 Å². The predicted octanol–water partition coefficient (Wildman–Crippen LogP) is 1.69. The Balaban J connectivity index is 3.45. The molecule has 1 N–H and O–H groups in total. The molecule has 0 aliphatic rings. The molecule has 0 unspecified atom stereocenters. The number of halogens is 2. The van der Waals surface area contributed by atoms with E-state index >= 15 is 0 Å². The number of rotatable bonds is 5. The number of nitrogens with zero attached hydrogens (tertiary/aromatic N) is 1. The van der Waals surface area contributed by atoms with E-state index in [-0.39, 0.29) is 6.54 Å². The Labute approximate surface area is 109 Å². The summed E-state index contributed by atoms with van der Waals surface area (Å²) in [4.78, 5) is 9.77. The second-order valence-corrected chi connectivity index (χ2v) is 5.92. The van der Waals surface area contributed by atoms with Crippen LogP contribution in [0.3, 0.4) is 0 Å². The molecule has 0 heterocycles. The third-order valence-electron chi connectivity index (χ3n) is 2.47. The van der Waals surface area contributed by atoms with Crippen molar-refractivity contribution in [2.45, 2.75) is 18.2 Å². The van der Waals surface area contributed by atoms with Gasteiger partial charge in [-0.25, -0.2) is 26.3 Å². The highest BCUT2D eigenvalue weighted by atomic mass is 32.2. The van der Waals surface area contributed by atoms with Crippen LogP contribution in [0.5, 0.6) is 0 Å². The Morgan fingerprint density at radius 2 is 1.95 bits per heavy atom. The molecule has 106 valence electrons. The van der Waals surface area contributed by atoms with E-state index in [1.54, 1.807) is 6.92 Å². The molecule has 0 saturated heterocycles. The highest BCUT2D eigenvalue weighted by molar-refractivity contribution is 7.89. The van der Waals surface area contributed by atoms with Crippen LogP contribution in [0.2, 0.25) is 0 Å². The Bertz CT molecular complexity index is 601. The number of carboxylic acid groups (broad SMARTS) is 1. The molecule has 0 bridgehead atoms. The van der Waals surface area contributed by atoms with Gasteiger partial charge in [-0.3, -0.25) is 0 Å². The van der Waals surface area contributed by atoms with Gasteiger partial charge in [0.1, 0.15) is 4.90 Å². The van der Waals surface area contributed by atoms with Gasteiger partial charge < -0.3 is 5.11 Å². The standard InChI is InChI=1S/C11H13F2NO4S/c1-3-4-14(2)19(17,18)9-6-7(11(15)16)5-8(12)10(9)13/h5-6H,3-4H2,1-2H3,(H,15,16). The number of aromatic carboxylic acids is 1. The van der Waals surface area contributed by atoms with Gasteiger partial charge in [0, 0.05) is 13.6 Å². The van der Waals surface area contributed by atoms with Crippen LogP contribution in [-0.2, 0) is 10.0 Å². The molecule has 0 aromatic heterocycles. The summed E-state index contributed by atoms with van der Waals surface area (Å²) in [6.45, 7) is 1.83. The molecule has 0 spiro atoms. The number of benzene rings is 1. The highest BCUT2D eigenvalue weighted by Crippen LogP contribution is 2.22. The lowest BCUT2D eigenvalue weighted by Crippen LogP contribution is -2.29. The van der Waals surface area contributed by atoms with Crippen LogP contribution in [0.25, 0.3) is 0 Å². The fourth-order valence-corrected chi connectivity index (χ4v) is 2.84. The molecule has 1 aromatic carbocycles. The number of hydrogen-bond acceptors (Lipinski definition) is 3. The molecule has 1 rings (SSSR count). The topological polar surface area (TPSA) is 74.7 Å². The molecule has 0 amide bonds. The predicted molar refractivity (Wildman–Crippen MR) is 63.4 cm³/mol. The molecule has 0 aliphatic carbocycles. The molecule has 8 heteroatoms. The summed E-state index contributed by atoms with van der Waals surface area (Å²) in [5.41, 5.74) is -0.623. The minimum Gasteiger partial charge on any atom is -0.478 e. The average Bonchev–Trinajstić information content (AvgIpc) is 2.32. The normalized spacial score (nSPS) is 11.8. The second kappa shape index (κ2) is 5.62. The highest BCUT2D eigenvalue weighted by Gasteiger charge is 2.27. The fourth-order valence-electron chi connectivity index (χ4n) is 1.48. The molecule has 1 aromatic rings. The number of sulfonamides is 1. The van der Waals surface area contributed by atoms with E-state index < -0.39 is 38.1 Å². The van der Waals surface area contributed by atoms with Gasteiger partial charge in [-0.2, -0.15) is 0 Å². The van der Waals surface area contributed by atoms with E-state index in [0.29, 0.717) is 18.6 Å². The SMILES string of the molecule is CCCN(C)S(=O)(=O)c1cc(C(=O)O)cc(F)c1F. The van der Waals surface area contributed by atoms with Crippen LogP contribution in [0.4, 0.5) is 8.78 Å². The van der Waals surface area contributed by atoms with Gasteiger partial charge in [0.2, 0.25) is 10.0 Å². The van der Waals surface area contributed by atoms with Crippen LogP contribution in [-0.4, -0.2) is 37.4 Å². The van der Waals surface area contributed by atoms with E-state index in [9.17, 15) is 22.0 Å². The third-order valence-corrected chi connectivity index (χ3v) is 4.32. The van der Waals surface area contributed by atoms with Crippen LogP contribution < -0.4 is 0 Å². The first-order valence-electron chi connectivity index (χ1n) is 5.40. The van der Waals surface area contributed by atoms with Crippen LogP contribution in [0, 0.1) is 11.6 Å². The quantitative estimate of drug-likeness (QED) is 0.896. The van der Waals surface area contributed by atoms with Gasteiger partial charge in [0.05, 0.1) is 5.56 Å². The maximum Gasteiger partial charge on any atom is 0.335 e. The van der Waals surface area contributed by atoms with Crippen LogP contribution in [0.15, 0.2) is 17.0 Å². The first-order valence-corrected chi connectivity index (χ1v) is 6.84. The summed E-state index contributed by atoms with van der Waals surface area (Å²) in [5.74, 6) is -4.62. The Kier molecular flexibility index (Phi) is 4.59. The molecule has 5 nitrogen and oxygen atoms in total. The van der Waals surface area contributed by atoms with Crippen molar-refractivity contribution in [3.63, 3.8) is 0 Å². The van der Waals surface area contributed by atoms with Crippen molar-refractivity contribution in [2.24, 2.45) is 0 Å². The summed E-state index contributed by atoms with van der Waals surface area (Å²) in [6.07, 6.45) is 0.485. The molecule has 0 radical (unpaired) electrons. The maximum absolute atomic E-state index is 13.6. The summed E-state index contributed by atoms with van der Waals surface area (Å²) >= 11 is 0. The zero-order valence-corrected chi connectivity index (χ0v) is 11.2. The lowest BCUT2D eigenvalue weighted by atomic mass is 10.2. The molecule has 0 fully saturated rings. The largest absolute Gasteiger partial charge is 0.478 e. The fraction of sp³-hybridized carbons (Fsp3) is 0.364. The van der Waals surface area contributed by atoms with Gasteiger partial charge in [0.25, 0.3) is 0 Å². The van der Waals surface area contributed by atoms with Gasteiger partial charge in [-0.05, 0) is 18.6 Å². The minimum atomic E-state index is -4.26. The van der Waals surface area contributed by atoms with Crippen molar-refractivity contribution >= 4 is 16.0 Å². The Morgan fingerprint density at radius 1 is 1.37 bits per heavy atom. The minimum absolute atomic E-state index is 0.112. The lowest BCUT2D eigenvalue weighted by Gasteiger charge is -2.17. The van der Waals surface area contributed by atoms with Gasteiger partial charge in [-0.15, -0.1) is 0 Å². The van der Waals surface area contributed by atoms with E-state index in [0.717, 1.165) is 4.31 Å². The monoisotopic (exact) mass is 293 g/mol. The van der Waals surface area contributed by atoms with Crippen molar-refractivity contribution < 1.29 is 27.1 Å². The average molecular weight is 293 g/mol. The smallest absolute Gasteiger partial charge is 0.335 e.